The number of carbonyl (C=O) groups is 2. The van der Waals surface area contributed by atoms with Crippen LogP contribution in [0.25, 0.3) is 0 Å². The van der Waals surface area contributed by atoms with Crippen molar-refractivity contribution in [3.05, 3.63) is 59.7 Å². The van der Waals surface area contributed by atoms with Gasteiger partial charge in [0.05, 0.1) is 11.3 Å². The first-order chi connectivity index (χ1) is 13.9. The van der Waals surface area contributed by atoms with Gasteiger partial charge in [0.15, 0.2) is 6.61 Å². The van der Waals surface area contributed by atoms with Gasteiger partial charge in [-0.2, -0.15) is 0 Å². The molecule has 1 N–H and O–H groups in total. The van der Waals surface area contributed by atoms with E-state index in [-0.39, 0.29) is 23.8 Å². The zero-order valence-electron chi connectivity index (χ0n) is 17.5. The van der Waals surface area contributed by atoms with Crippen molar-refractivity contribution in [2.75, 3.05) is 25.0 Å². The number of benzene rings is 2. The summed E-state index contributed by atoms with van der Waals surface area (Å²) in [5.41, 5.74) is 2.40. The predicted octanol–water partition coefficient (Wildman–Crippen LogP) is 4.63. The van der Waals surface area contributed by atoms with Crippen molar-refractivity contribution in [3.63, 3.8) is 0 Å². The normalized spacial score (nSPS) is 14.0. The van der Waals surface area contributed by atoms with Crippen LogP contribution in [-0.2, 0) is 10.2 Å². The first-order valence-corrected chi connectivity index (χ1v) is 10.3. The molecule has 0 radical (unpaired) electrons. The molecule has 2 amide bonds. The lowest BCUT2D eigenvalue weighted by Crippen LogP contribution is -2.29. The molecule has 29 heavy (non-hydrogen) atoms. The summed E-state index contributed by atoms with van der Waals surface area (Å²) in [7, 11) is 0. The van der Waals surface area contributed by atoms with E-state index in [0.29, 0.717) is 17.0 Å². The van der Waals surface area contributed by atoms with Gasteiger partial charge in [0, 0.05) is 13.1 Å². The number of carbonyl (C=O) groups excluding carboxylic acids is 2. The van der Waals surface area contributed by atoms with E-state index in [1.54, 1.807) is 12.1 Å². The van der Waals surface area contributed by atoms with Crippen LogP contribution in [0.2, 0.25) is 0 Å². The first-order valence-electron chi connectivity index (χ1n) is 10.3. The summed E-state index contributed by atoms with van der Waals surface area (Å²) in [6.07, 6.45) is 3.11. The van der Waals surface area contributed by atoms with Gasteiger partial charge in [0.2, 0.25) is 0 Å². The first kappa shape index (κ1) is 20.9. The molecule has 5 nitrogen and oxygen atoms in total. The van der Waals surface area contributed by atoms with Crippen molar-refractivity contribution in [1.29, 1.82) is 0 Å². The van der Waals surface area contributed by atoms with E-state index < -0.39 is 0 Å². The molecule has 0 aliphatic carbocycles. The molecular formula is C24H30N2O3. The van der Waals surface area contributed by atoms with Crippen LogP contribution < -0.4 is 10.1 Å². The molecule has 0 saturated carbocycles. The highest BCUT2D eigenvalue weighted by molar-refractivity contribution is 6.04. The Kier molecular flexibility index (Phi) is 6.57. The lowest BCUT2D eigenvalue weighted by Gasteiger charge is -2.23. The van der Waals surface area contributed by atoms with Gasteiger partial charge < -0.3 is 15.0 Å². The number of ether oxygens (including phenoxy) is 1. The molecule has 2 aromatic rings. The maximum absolute atomic E-state index is 12.7. The summed E-state index contributed by atoms with van der Waals surface area (Å²) in [5.74, 6) is 0.329. The molecule has 154 valence electrons. The van der Waals surface area contributed by atoms with Crippen molar-refractivity contribution in [3.8, 4) is 5.75 Å². The fourth-order valence-electron chi connectivity index (χ4n) is 3.41. The molecule has 5 heteroatoms. The SMILES string of the molecule is CCC(C)(C)c1ccc(OCC(=O)Nc2ccccc2C(=O)N2CCCC2)cc1. The maximum Gasteiger partial charge on any atom is 0.262 e. The van der Waals surface area contributed by atoms with Gasteiger partial charge in [-0.3, -0.25) is 9.59 Å². The Hall–Kier alpha value is -2.82. The molecule has 1 fully saturated rings. The Morgan fingerprint density at radius 1 is 1.03 bits per heavy atom. The average molecular weight is 395 g/mol. The van der Waals surface area contributed by atoms with Crippen molar-refractivity contribution in [2.24, 2.45) is 0 Å². The van der Waals surface area contributed by atoms with E-state index in [4.69, 9.17) is 4.74 Å². The van der Waals surface area contributed by atoms with E-state index >= 15 is 0 Å². The van der Waals surface area contributed by atoms with Crippen LogP contribution in [0, 0.1) is 0 Å². The van der Waals surface area contributed by atoms with Gasteiger partial charge in [-0.25, -0.2) is 0 Å². The van der Waals surface area contributed by atoms with Gasteiger partial charge in [-0.15, -0.1) is 0 Å². The lowest BCUT2D eigenvalue weighted by molar-refractivity contribution is -0.118. The third-order valence-corrected chi connectivity index (χ3v) is 5.71. The van der Waals surface area contributed by atoms with Crippen LogP contribution in [0.15, 0.2) is 48.5 Å². The van der Waals surface area contributed by atoms with Crippen molar-refractivity contribution in [1.82, 2.24) is 4.90 Å². The molecule has 1 aliphatic heterocycles. The Morgan fingerprint density at radius 3 is 2.34 bits per heavy atom. The minimum Gasteiger partial charge on any atom is -0.484 e. The number of amides is 2. The summed E-state index contributed by atoms with van der Waals surface area (Å²) >= 11 is 0. The Morgan fingerprint density at radius 2 is 1.69 bits per heavy atom. The highest BCUT2D eigenvalue weighted by Gasteiger charge is 2.22. The number of nitrogens with zero attached hydrogens (tertiary/aromatic N) is 1. The molecule has 3 rings (SSSR count). The Bertz CT molecular complexity index is 853. The predicted molar refractivity (Wildman–Crippen MR) is 115 cm³/mol. The summed E-state index contributed by atoms with van der Waals surface area (Å²) in [5, 5.41) is 2.82. The van der Waals surface area contributed by atoms with E-state index in [0.717, 1.165) is 32.4 Å². The van der Waals surface area contributed by atoms with Crippen molar-refractivity contribution < 1.29 is 14.3 Å². The van der Waals surface area contributed by atoms with E-state index in [1.165, 1.54) is 5.56 Å². The van der Waals surface area contributed by atoms with Crippen LogP contribution >= 0.6 is 0 Å². The molecule has 1 heterocycles. The van der Waals surface area contributed by atoms with Gasteiger partial charge in [-0.05, 0) is 54.5 Å². The molecule has 1 aliphatic rings. The van der Waals surface area contributed by atoms with E-state index in [2.05, 4.69) is 26.1 Å². The van der Waals surface area contributed by atoms with Crippen LogP contribution in [0.1, 0.15) is 56.0 Å². The second-order valence-corrected chi connectivity index (χ2v) is 8.14. The minimum atomic E-state index is -0.287. The third kappa shape index (κ3) is 5.17. The quantitative estimate of drug-likeness (QED) is 0.745. The van der Waals surface area contributed by atoms with Gasteiger partial charge >= 0.3 is 0 Å². The van der Waals surface area contributed by atoms with Crippen LogP contribution in [-0.4, -0.2) is 36.4 Å². The molecule has 0 unspecified atom stereocenters. The average Bonchev–Trinajstić information content (AvgIpc) is 3.27. The van der Waals surface area contributed by atoms with E-state index in [9.17, 15) is 9.59 Å². The second kappa shape index (κ2) is 9.12. The summed E-state index contributed by atoms with van der Waals surface area (Å²) in [6.45, 7) is 8.02. The Balaban J connectivity index is 1.59. The smallest absolute Gasteiger partial charge is 0.262 e. The largest absolute Gasteiger partial charge is 0.484 e. The zero-order chi connectivity index (χ0) is 20.9. The number of hydrogen-bond acceptors (Lipinski definition) is 3. The number of anilines is 1. The number of likely N-dealkylation sites (tertiary alicyclic amines) is 1. The van der Waals surface area contributed by atoms with Crippen molar-refractivity contribution in [2.45, 2.75) is 45.4 Å². The van der Waals surface area contributed by atoms with Gasteiger partial charge in [0.1, 0.15) is 5.75 Å². The van der Waals surface area contributed by atoms with Crippen LogP contribution in [0.5, 0.6) is 5.75 Å². The van der Waals surface area contributed by atoms with Crippen LogP contribution in [0.4, 0.5) is 5.69 Å². The summed E-state index contributed by atoms with van der Waals surface area (Å²) in [6, 6.07) is 15.0. The lowest BCUT2D eigenvalue weighted by atomic mass is 9.82. The number of nitrogens with one attached hydrogen (secondary N) is 1. The molecule has 1 saturated heterocycles. The molecular weight excluding hydrogens is 364 g/mol. The zero-order valence-corrected chi connectivity index (χ0v) is 17.5. The minimum absolute atomic E-state index is 0.0338. The molecule has 0 aromatic heterocycles. The monoisotopic (exact) mass is 394 g/mol. The number of hydrogen-bond donors (Lipinski definition) is 1. The fourth-order valence-corrected chi connectivity index (χ4v) is 3.41. The highest BCUT2D eigenvalue weighted by Crippen LogP contribution is 2.28. The second-order valence-electron chi connectivity index (χ2n) is 8.14. The van der Waals surface area contributed by atoms with Crippen LogP contribution in [0.3, 0.4) is 0 Å². The fraction of sp³-hybridized carbons (Fsp3) is 0.417. The highest BCUT2D eigenvalue weighted by atomic mass is 16.5. The maximum atomic E-state index is 12.7. The van der Waals surface area contributed by atoms with E-state index in [1.807, 2.05) is 41.3 Å². The topological polar surface area (TPSA) is 58.6 Å². The molecule has 2 aromatic carbocycles. The van der Waals surface area contributed by atoms with Gasteiger partial charge in [-0.1, -0.05) is 45.0 Å². The number of para-hydroxylation sites is 1. The Labute approximate surface area is 173 Å². The van der Waals surface area contributed by atoms with Crippen molar-refractivity contribution >= 4 is 17.5 Å². The molecule has 0 bridgehead atoms. The summed E-state index contributed by atoms with van der Waals surface area (Å²) < 4.78 is 5.63. The molecule has 0 spiro atoms. The van der Waals surface area contributed by atoms with Gasteiger partial charge in [0.25, 0.3) is 11.8 Å². The number of rotatable bonds is 7. The molecule has 0 atom stereocenters. The summed E-state index contributed by atoms with van der Waals surface area (Å²) in [4.78, 5) is 26.9. The standard InChI is InChI=1S/C24H30N2O3/c1-4-24(2,3)18-11-13-19(14-12-18)29-17-22(27)25-21-10-6-5-9-20(21)23(28)26-15-7-8-16-26/h5-6,9-14H,4,7-8,15-17H2,1-3H3,(H,25,27). The third-order valence-electron chi connectivity index (χ3n) is 5.71.